The van der Waals surface area contributed by atoms with Crippen LogP contribution in [0.5, 0.6) is 5.75 Å². The summed E-state index contributed by atoms with van der Waals surface area (Å²) in [5.74, 6) is 0.127. The molecular weight excluding hydrogens is 275 g/mol. The zero-order valence-corrected chi connectivity index (χ0v) is 11.5. The van der Waals surface area contributed by atoms with Crippen LogP contribution < -0.4 is 10.1 Å². The zero-order chi connectivity index (χ0) is 15.2. The summed E-state index contributed by atoms with van der Waals surface area (Å²) in [5.41, 5.74) is 0.448. The van der Waals surface area contributed by atoms with Crippen molar-refractivity contribution in [2.45, 2.75) is 25.4 Å². The van der Waals surface area contributed by atoms with Crippen LogP contribution in [0.25, 0.3) is 0 Å². The molecule has 4 nitrogen and oxygen atoms in total. The Kier molecular flexibility index (Phi) is 6.09. The number of rotatable bonds is 7. The van der Waals surface area contributed by atoms with E-state index in [9.17, 15) is 13.2 Å². The molecule has 1 aromatic carbocycles. The van der Waals surface area contributed by atoms with Gasteiger partial charge in [0.05, 0.1) is 11.7 Å². The molecule has 0 heterocycles. The molecule has 20 heavy (non-hydrogen) atoms. The zero-order valence-electron chi connectivity index (χ0n) is 11.5. The van der Waals surface area contributed by atoms with Crippen molar-refractivity contribution in [3.8, 4) is 5.75 Å². The Bertz CT molecular complexity index is 408. The lowest BCUT2D eigenvalue weighted by Crippen LogP contribution is -2.34. The molecular formula is C13H18F3NO3. The van der Waals surface area contributed by atoms with E-state index in [1.54, 1.807) is 25.1 Å². The molecule has 1 unspecified atom stereocenters. The molecule has 0 radical (unpaired) electrons. The second kappa shape index (κ2) is 7.35. The van der Waals surface area contributed by atoms with Crippen molar-refractivity contribution in [3.05, 3.63) is 24.3 Å². The van der Waals surface area contributed by atoms with Gasteiger partial charge in [-0.25, -0.2) is 0 Å². The summed E-state index contributed by atoms with van der Waals surface area (Å²) in [7, 11) is 2.97. The largest absolute Gasteiger partial charge is 0.482 e. The van der Waals surface area contributed by atoms with Crippen molar-refractivity contribution in [1.29, 1.82) is 0 Å². The molecule has 0 aliphatic carbocycles. The minimum atomic E-state index is -4.37. The number of para-hydroxylation sites is 2. The average Bonchev–Trinajstić information content (AvgIpc) is 2.38. The van der Waals surface area contributed by atoms with Crippen LogP contribution in [0.2, 0.25) is 0 Å². The molecule has 1 N–H and O–H groups in total. The number of ether oxygens (including phenoxy) is 3. The summed E-state index contributed by atoms with van der Waals surface area (Å²) in [6.45, 7) is 0.455. The minimum absolute atomic E-state index is 0.127. The molecule has 1 rings (SSSR count). The van der Waals surface area contributed by atoms with E-state index >= 15 is 0 Å². The third kappa shape index (κ3) is 5.26. The molecule has 7 heteroatoms. The third-order valence-corrected chi connectivity index (χ3v) is 2.53. The summed E-state index contributed by atoms with van der Waals surface area (Å²) in [6.07, 6.45) is -4.90. The first kappa shape index (κ1) is 16.6. The van der Waals surface area contributed by atoms with E-state index in [1.807, 2.05) is 0 Å². The van der Waals surface area contributed by atoms with Gasteiger partial charge < -0.3 is 19.5 Å². The Morgan fingerprint density at radius 2 is 1.75 bits per heavy atom. The van der Waals surface area contributed by atoms with Gasteiger partial charge in [-0.3, -0.25) is 0 Å². The molecule has 0 amide bonds. The molecule has 0 fully saturated rings. The first-order valence-electron chi connectivity index (χ1n) is 5.98. The highest BCUT2D eigenvalue weighted by Gasteiger charge is 2.29. The summed E-state index contributed by atoms with van der Waals surface area (Å²) < 4.78 is 51.5. The molecule has 0 saturated carbocycles. The lowest BCUT2D eigenvalue weighted by Gasteiger charge is -2.24. The van der Waals surface area contributed by atoms with Gasteiger partial charge in [-0.1, -0.05) is 12.1 Å². The van der Waals surface area contributed by atoms with Gasteiger partial charge in [0.15, 0.2) is 12.9 Å². The van der Waals surface area contributed by atoms with Crippen molar-refractivity contribution in [1.82, 2.24) is 0 Å². The number of hydrogen-bond donors (Lipinski definition) is 1. The van der Waals surface area contributed by atoms with E-state index in [-0.39, 0.29) is 11.8 Å². The molecule has 0 aliphatic rings. The molecule has 0 bridgehead atoms. The van der Waals surface area contributed by atoms with Crippen molar-refractivity contribution < 1.29 is 27.4 Å². The number of halogens is 3. The van der Waals surface area contributed by atoms with Gasteiger partial charge in [0.2, 0.25) is 0 Å². The van der Waals surface area contributed by atoms with Crippen molar-refractivity contribution in [2.75, 3.05) is 26.1 Å². The summed E-state index contributed by atoms with van der Waals surface area (Å²) in [4.78, 5) is 0. The fourth-order valence-corrected chi connectivity index (χ4v) is 1.69. The smallest absolute Gasteiger partial charge is 0.422 e. The van der Waals surface area contributed by atoms with E-state index in [0.29, 0.717) is 5.69 Å². The maximum atomic E-state index is 12.2. The van der Waals surface area contributed by atoms with Gasteiger partial charge in [0.1, 0.15) is 5.75 Å². The van der Waals surface area contributed by atoms with Crippen LogP contribution in [0.15, 0.2) is 24.3 Å². The molecule has 114 valence electrons. The molecule has 0 saturated heterocycles. The molecule has 0 spiro atoms. The second-order valence-electron chi connectivity index (χ2n) is 4.17. The van der Waals surface area contributed by atoms with Crippen molar-refractivity contribution >= 4 is 5.69 Å². The lowest BCUT2D eigenvalue weighted by molar-refractivity contribution is -0.153. The average molecular weight is 293 g/mol. The predicted molar refractivity (Wildman–Crippen MR) is 68.9 cm³/mol. The number of methoxy groups -OCH3 is 2. The standard InChI is InChI=1S/C13H18F3NO3/c1-9(12(18-2)19-3)17-10-6-4-5-7-11(10)20-8-13(14,15)16/h4-7,9,12,17H,8H2,1-3H3. The van der Waals surface area contributed by atoms with Crippen LogP contribution in [0.1, 0.15) is 6.92 Å². The Hall–Kier alpha value is -1.47. The fraction of sp³-hybridized carbons (Fsp3) is 0.538. The maximum absolute atomic E-state index is 12.2. The quantitative estimate of drug-likeness (QED) is 0.784. The van der Waals surface area contributed by atoms with Crippen molar-refractivity contribution in [2.24, 2.45) is 0 Å². The summed E-state index contributed by atoms with van der Waals surface area (Å²) in [5, 5.41) is 3.01. The van der Waals surface area contributed by atoms with Crippen LogP contribution in [0.4, 0.5) is 18.9 Å². The van der Waals surface area contributed by atoms with Crippen LogP contribution in [0, 0.1) is 0 Å². The lowest BCUT2D eigenvalue weighted by atomic mass is 10.2. The van der Waals surface area contributed by atoms with E-state index in [1.165, 1.54) is 20.3 Å². The Labute approximate surface area is 115 Å². The van der Waals surface area contributed by atoms with Gasteiger partial charge in [-0.15, -0.1) is 0 Å². The van der Waals surface area contributed by atoms with Crippen LogP contribution in [0.3, 0.4) is 0 Å². The number of anilines is 1. The Morgan fingerprint density at radius 1 is 1.15 bits per heavy atom. The van der Waals surface area contributed by atoms with Gasteiger partial charge in [0.25, 0.3) is 0 Å². The Balaban J connectivity index is 2.75. The topological polar surface area (TPSA) is 39.7 Å². The van der Waals surface area contributed by atoms with Gasteiger partial charge in [-0.2, -0.15) is 13.2 Å². The van der Waals surface area contributed by atoms with Crippen LogP contribution >= 0.6 is 0 Å². The maximum Gasteiger partial charge on any atom is 0.422 e. The van der Waals surface area contributed by atoms with E-state index < -0.39 is 19.1 Å². The molecule has 1 aromatic rings. The highest BCUT2D eigenvalue weighted by atomic mass is 19.4. The first-order chi connectivity index (χ1) is 9.37. The number of hydrogen-bond acceptors (Lipinski definition) is 4. The van der Waals surface area contributed by atoms with Crippen LogP contribution in [-0.2, 0) is 9.47 Å². The number of alkyl halides is 3. The Morgan fingerprint density at radius 3 is 2.30 bits per heavy atom. The van der Waals surface area contributed by atoms with E-state index in [0.717, 1.165) is 0 Å². The second-order valence-corrected chi connectivity index (χ2v) is 4.17. The van der Waals surface area contributed by atoms with Gasteiger partial charge in [0, 0.05) is 14.2 Å². The van der Waals surface area contributed by atoms with Gasteiger partial charge >= 0.3 is 6.18 Å². The SMILES string of the molecule is COC(OC)C(C)Nc1ccccc1OCC(F)(F)F. The van der Waals surface area contributed by atoms with Gasteiger partial charge in [-0.05, 0) is 19.1 Å². The summed E-state index contributed by atoms with van der Waals surface area (Å²) in [6, 6.07) is 6.14. The normalized spacial score (nSPS) is 13.3. The highest BCUT2D eigenvalue weighted by Crippen LogP contribution is 2.27. The molecule has 0 aliphatic heterocycles. The number of benzene rings is 1. The van der Waals surface area contributed by atoms with Crippen molar-refractivity contribution in [3.63, 3.8) is 0 Å². The molecule has 0 aromatic heterocycles. The predicted octanol–water partition coefficient (Wildman–Crippen LogP) is 3.05. The fourth-order valence-electron chi connectivity index (χ4n) is 1.69. The first-order valence-corrected chi connectivity index (χ1v) is 5.98. The van der Waals surface area contributed by atoms with E-state index in [4.69, 9.17) is 14.2 Å². The highest BCUT2D eigenvalue weighted by molar-refractivity contribution is 5.56. The molecule has 1 atom stereocenters. The van der Waals surface area contributed by atoms with Crippen LogP contribution in [-0.4, -0.2) is 39.3 Å². The third-order valence-electron chi connectivity index (χ3n) is 2.53. The number of nitrogens with one attached hydrogen (secondary N) is 1. The summed E-state index contributed by atoms with van der Waals surface area (Å²) >= 11 is 0. The monoisotopic (exact) mass is 293 g/mol. The minimum Gasteiger partial charge on any atom is -0.482 e. The van der Waals surface area contributed by atoms with E-state index in [2.05, 4.69) is 5.32 Å².